The van der Waals surface area contributed by atoms with Crippen molar-refractivity contribution in [3.8, 4) is 28.7 Å². The fraction of sp³-hybridized carbons (Fsp3) is 0.238. The molecule has 0 radical (unpaired) electrons. The van der Waals surface area contributed by atoms with Crippen LogP contribution in [-0.2, 0) is 6.54 Å². The van der Waals surface area contributed by atoms with Crippen molar-refractivity contribution in [1.29, 1.82) is 0 Å². The van der Waals surface area contributed by atoms with Crippen LogP contribution in [0.5, 0.6) is 17.2 Å². The zero-order valence-corrected chi connectivity index (χ0v) is 17.3. The van der Waals surface area contributed by atoms with Crippen molar-refractivity contribution < 1.29 is 23.4 Å². The molecule has 1 N–H and O–H groups in total. The molecule has 1 heterocycles. The summed E-state index contributed by atoms with van der Waals surface area (Å²) < 4.78 is 21.6. The number of aryl methyl sites for hydroxylation is 1. The van der Waals surface area contributed by atoms with Crippen molar-refractivity contribution in [3.05, 3.63) is 58.4 Å². The Balaban J connectivity index is 1.77. The molecular weight excluding hydrogens is 396 g/mol. The Hall–Kier alpha value is -3.19. The average Bonchev–Trinajstić information content (AvgIpc) is 3.13. The number of methoxy groups -OCH3 is 3. The number of benzene rings is 2. The van der Waals surface area contributed by atoms with Gasteiger partial charge >= 0.3 is 0 Å². The summed E-state index contributed by atoms with van der Waals surface area (Å²) in [6.07, 6.45) is 0. The molecule has 3 aromatic rings. The van der Waals surface area contributed by atoms with Crippen LogP contribution in [0.3, 0.4) is 0 Å². The van der Waals surface area contributed by atoms with Gasteiger partial charge in [0, 0.05) is 17.1 Å². The Morgan fingerprint density at radius 3 is 2.24 bits per heavy atom. The summed E-state index contributed by atoms with van der Waals surface area (Å²) in [5, 5.41) is 3.45. The van der Waals surface area contributed by atoms with Crippen LogP contribution in [0.2, 0.25) is 5.02 Å². The number of rotatable bonds is 7. The highest BCUT2D eigenvalue weighted by atomic mass is 35.5. The number of ether oxygens (including phenoxy) is 3. The minimum absolute atomic E-state index is 0.224. The number of carbonyl (C=O) groups is 1. The first-order valence-electron chi connectivity index (χ1n) is 8.77. The predicted molar refractivity (Wildman–Crippen MR) is 109 cm³/mol. The fourth-order valence-electron chi connectivity index (χ4n) is 2.83. The number of nitrogens with one attached hydrogen (secondary N) is 1. The summed E-state index contributed by atoms with van der Waals surface area (Å²) in [6, 6.07) is 10.6. The van der Waals surface area contributed by atoms with Gasteiger partial charge in [-0.15, -0.1) is 0 Å². The van der Waals surface area contributed by atoms with Crippen molar-refractivity contribution in [1.82, 2.24) is 10.3 Å². The van der Waals surface area contributed by atoms with Gasteiger partial charge in [-0.2, -0.15) is 0 Å². The van der Waals surface area contributed by atoms with E-state index in [1.54, 1.807) is 43.3 Å². The van der Waals surface area contributed by atoms with Crippen LogP contribution >= 0.6 is 11.6 Å². The van der Waals surface area contributed by atoms with Crippen molar-refractivity contribution in [2.75, 3.05) is 21.3 Å². The molecule has 0 atom stereocenters. The lowest BCUT2D eigenvalue weighted by molar-refractivity contribution is 0.0945. The third-order valence-corrected chi connectivity index (χ3v) is 4.53. The lowest BCUT2D eigenvalue weighted by Gasteiger charge is -2.14. The minimum atomic E-state index is -0.347. The van der Waals surface area contributed by atoms with E-state index in [1.807, 2.05) is 0 Å². The molecule has 0 spiro atoms. The lowest BCUT2D eigenvalue weighted by Crippen LogP contribution is -2.24. The fourth-order valence-corrected chi connectivity index (χ4v) is 2.95. The molecular formula is C21H21ClN2O5. The average molecular weight is 417 g/mol. The van der Waals surface area contributed by atoms with E-state index >= 15 is 0 Å². The number of aromatic nitrogens is 1. The SMILES string of the molecule is COc1cc(CNC(=O)c2nc(-c3ccc(Cl)cc3)oc2C)cc(OC)c1OC. The van der Waals surface area contributed by atoms with E-state index in [9.17, 15) is 4.79 Å². The number of oxazole rings is 1. The van der Waals surface area contributed by atoms with Gasteiger partial charge in [0.05, 0.1) is 21.3 Å². The molecule has 2 aromatic carbocycles. The largest absolute Gasteiger partial charge is 0.493 e. The number of halogens is 1. The van der Waals surface area contributed by atoms with Crippen LogP contribution < -0.4 is 19.5 Å². The topological polar surface area (TPSA) is 82.8 Å². The predicted octanol–water partition coefficient (Wildman–Crippen LogP) is 4.26. The molecule has 152 valence electrons. The standard InChI is InChI=1S/C21H21ClN2O5/c1-12-18(24-21(29-12)14-5-7-15(22)8-6-14)20(25)23-11-13-9-16(26-2)19(28-4)17(10-13)27-3/h5-10H,11H2,1-4H3,(H,23,25). The van der Waals surface area contributed by atoms with Gasteiger partial charge in [-0.3, -0.25) is 4.79 Å². The number of hydrogen-bond donors (Lipinski definition) is 1. The quantitative estimate of drug-likeness (QED) is 0.619. The molecule has 1 amide bonds. The van der Waals surface area contributed by atoms with E-state index in [0.717, 1.165) is 11.1 Å². The van der Waals surface area contributed by atoms with Gasteiger partial charge in [-0.1, -0.05) is 11.6 Å². The molecule has 1 aromatic heterocycles. The van der Waals surface area contributed by atoms with E-state index in [4.69, 9.17) is 30.2 Å². The first-order valence-corrected chi connectivity index (χ1v) is 9.15. The monoisotopic (exact) mass is 416 g/mol. The molecule has 3 rings (SSSR count). The van der Waals surface area contributed by atoms with Crippen molar-refractivity contribution >= 4 is 17.5 Å². The Labute approximate surface area is 173 Å². The van der Waals surface area contributed by atoms with Gasteiger partial charge in [0.15, 0.2) is 17.2 Å². The second-order valence-electron chi connectivity index (χ2n) is 6.15. The maximum atomic E-state index is 12.6. The summed E-state index contributed by atoms with van der Waals surface area (Å²) >= 11 is 5.91. The van der Waals surface area contributed by atoms with Crippen molar-refractivity contribution in [3.63, 3.8) is 0 Å². The van der Waals surface area contributed by atoms with E-state index in [1.165, 1.54) is 21.3 Å². The normalized spacial score (nSPS) is 10.5. The molecule has 8 heteroatoms. The van der Waals surface area contributed by atoms with Crippen LogP contribution in [0.15, 0.2) is 40.8 Å². The molecule has 0 saturated heterocycles. The Kier molecular flexibility index (Phi) is 6.29. The minimum Gasteiger partial charge on any atom is -0.493 e. The van der Waals surface area contributed by atoms with Crippen LogP contribution in [0, 0.1) is 6.92 Å². The Morgan fingerprint density at radius 2 is 1.69 bits per heavy atom. The number of nitrogens with zero attached hydrogens (tertiary/aromatic N) is 1. The summed E-state index contributed by atoms with van der Waals surface area (Å²) in [7, 11) is 4.61. The van der Waals surface area contributed by atoms with Crippen LogP contribution in [0.4, 0.5) is 0 Å². The van der Waals surface area contributed by atoms with Gasteiger partial charge < -0.3 is 23.9 Å². The molecule has 7 nitrogen and oxygen atoms in total. The molecule has 0 saturated carbocycles. The summed E-state index contributed by atoms with van der Waals surface area (Å²) in [5.41, 5.74) is 1.75. The maximum absolute atomic E-state index is 12.6. The lowest BCUT2D eigenvalue weighted by atomic mass is 10.1. The summed E-state index contributed by atoms with van der Waals surface area (Å²) in [5.74, 6) is 1.96. The van der Waals surface area contributed by atoms with Gasteiger partial charge in [-0.05, 0) is 48.9 Å². The van der Waals surface area contributed by atoms with Gasteiger partial charge in [0.2, 0.25) is 11.6 Å². The smallest absolute Gasteiger partial charge is 0.273 e. The highest BCUT2D eigenvalue weighted by molar-refractivity contribution is 6.30. The van der Waals surface area contributed by atoms with Crippen LogP contribution in [0.25, 0.3) is 11.5 Å². The Bertz CT molecular complexity index is 989. The second-order valence-corrected chi connectivity index (χ2v) is 6.58. The van der Waals surface area contributed by atoms with Gasteiger partial charge in [-0.25, -0.2) is 4.98 Å². The zero-order chi connectivity index (χ0) is 21.0. The molecule has 29 heavy (non-hydrogen) atoms. The zero-order valence-electron chi connectivity index (χ0n) is 16.5. The van der Waals surface area contributed by atoms with Crippen molar-refractivity contribution in [2.24, 2.45) is 0 Å². The number of amides is 1. The summed E-state index contributed by atoms with van der Waals surface area (Å²) in [4.78, 5) is 17.0. The highest BCUT2D eigenvalue weighted by Crippen LogP contribution is 2.38. The van der Waals surface area contributed by atoms with Crippen molar-refractivity contribution in [2.45, 2.75) is 13.5 Å². The Morgan fingerprint density at radius 1 is 1.07 bits per heavy atom. The maximum Gasteiger partial charge on any atom is 0.273 e. The molecule has 0 unspecified atom stereocenters. The van der Waals surface area contributed by atoms with Crippen LogP contribution in [-0.4, -0.2) is 32.2 Å². The van der Waals surface area contributed by atoms with E-state index in [2.05, 4.69) is 10.3 Å². The van der Waals surface area contributed by atoms with Gasteiger partial charge in [0.1, 0.15) is 5.76 Å². The van der Waals surface area contributed by atoms with E-state index < -0.39 is 0 Å². The first-order chi connectivity index (χ1) is 14.0. The molecule has 0 fully saturated rings. The first kappa shape index (κ1) is 20.5. The number of hydrogen-bond acceptors (Lipinski definition) is 6. The van der Waals surface area contributed by atoms with E-state index in [-0.39, 0.29) is 18.1 Å². The molecule has 0 aliphatic heterocycles. The number of carbonyl (C=O) groups excluding carboxylic acids is 1. The molecule has 0 aliphatic rings. The third-order valence-electron chi connectivity index (χ3n) is 4.28. The van der Waals surface area contributed by atoms with Gasteiger partial charge in [0.25, 0.3) is 5.91 Å². The van der Waals surface area contributed by atoms with E-state index in [0.29, 0.717) is 33.9 Å². The molecule has 0 bridgehead atoms. The second kappa shape index (κ2) is 8.87. The molecule has 0 aliphatic carbocycles. The third kappa shape index (κ3) is 4.46. The van der Waals surface area contributed by atoms with Crippen LogP contribution in [0.1, 0.15) is 21.8 Å². The summed E-state index contributed by atoms with van der Waals surface area (Å²) in [6.45, 7) is 1.94. The highest BCUT2D eigenvalue weighted by Gasteiger charge is 2.19.